The highest BCUT2D eigenvalue weighted by Crippen LogP contribution is 2.35. The molecule has 1 saturated heterocycles. The highest BCUT2D eigenvalue weighted by molar-refractivity contribution is 5.72. The van der Waals surface area contributed by atoms with E-state index in [0.717, 1.165) is 38.8 Å². The molecule has 0 aromatic rings. The quantitative estimate of drug-likeness (QED) is 0.793. The number of piperidine rings is 1. The summed E-state index contributed by atoms with van der Waals surface area (Å²) >= 11 is 0. The molecule has 1 unspecified atom stereocenters. The maximum absolute atomic E-state index is 11.8. The maximum Gasteiger partial charge on any atom is 0.308 e. The highest BCUT2D eigenvalue weighted by Gasteiger charge is 2.38. The summed E-state index contributed by atoms with van der Waals surface area (Å²) in [6.07, 6.45) is 7.97. The molecule has 0 aromatic heterocycles. The summed E-state index contributed by atoms with van der Waals surface area (Å²) in [5.74, 6) is -0.0856. The standard InChI is InChI=1S/C17H31NO3/c1-3-15-7-5-6-12-18(15)13-17(20)10-8-14(9-11-17)16(19)21-4-2/h14-15,20H,3-13H2,1-2H3. The van der Waals surface area contributed by atoms with E-state index in [1.165, 1.54) is 25.7 Å². The summed E-state index contributed by atoms with van der Waals surface area (Å²) in [5.41, 5.74) is -0.603. The molecule has 2 aliphatic rings. The highest BCUT2D eigenvalue weighted by atomic mass is 16.5. The predicted octanol–water partition coefficient (Wildman–Crippen LogP) is 2.74. The Bertz CT molecular complexity index is 337. The van der Waals surface area contributed by atoms with Crippen molar-refractivity contribution < 1.29 is 14.6 Å². The Morgan fingerprint density at radius 3 is 2.57 bits per heavy atom. The van der Waals surface area contributed by atoms with Gasteiger partial charge in [0.25, 0.3) is 0 Å². The van der Waals surface area contributed by atoms with Gasteiger partial charge in [-0.2, -0.15) is 0 Å². The Hall–Kier alpha value is -0.610. The van der Waals surface area contributed by atoms with Gasteiger partial charge in [-0.3, -0.25) is 9.69 Å². The van der Waals surface area contributed by atoms with Gasteiger partial charge in [-0.15, -0.1) is 0 Å². The molecular formula is C17H31NO3. The van der Waals surface area contributed by atoms with Gasteiger partial charge in [0.15, 0.2) is 0 Å². The molecular weight excluding hydrogens is 266 g/mol. The fraction of sp³-hybridized carbons (Fsp3) is 0.941. The third-order valence-electron chi connectivity index (χ3n) is 5.25. The normalized spacial score (nSPS) is 34.6. The summed E-state index contributed by atoms with van der Waals surface area (Å²) in [4.78, 5) is 14.3. The van der Waals surface area contributed by atoms with Crippen LogP contribution in [0.3, 0.4) is 0 Å². The van der Waals surface area contributed by atoms with E-state index < -0.39 is 5.60 Å². The first kappa shape index (κ1) is 16.8. The van der Waals surface area contributed by atoms with Gasteiger partial charge in [0.1, 0.15) is 0 Å². The summed E-state index contributed by atoms with van der Waals surface area (Å²) in [5, 5.41) is 10.9. The van der Waals surface area contributed by atoms with E-state index in [0.29, 0.717) is 12.6 Å². The van der Waals surface area contributed by atoms with Gasteiger partial charge in [0.05, 0.1) is 18.1 Å². The van der Waals surface area contributed by atoms with Crippen molar-refractivity contribution in [1.29, 1.82) is 0 Å². The maximum atomic E-state index is 11.8. The van der Waals surface area contributed by atoms with Crippen LogP contribution in [-0.4, -0.2) is 47.3 Å². The van der Waals surface area contributed by atoms with E-state index in [1.54, 1.807) is 0 Å². The van der Waals surface area contributed by atoms with Crippen molar-refractivity contribution in [3.8, 4) is 0 Å². The number of rotatable bonds is 5. The van der Waals surface area contributed by atoms with E-state index in [2.05, 4.69) is 11.8 Å². The van der Waals surface area contributed by atoms with Crippen molar-refractivity contribution in [2.45, 2.75) is 76.9 Å². The monoisotopic (exact) mass is 297 g/mol. The smallest absolute Gasteiger partial charge is 0.308 e. The summed E-state index contributed by atoms with van der Waals surface area (Å²) in [7, 11) is 0. The van der Waals surface area contributed by atoms with Gasteiger partial charge in [0.2, 0.25) is 0 Å². The molecule has 2 fully saturated rings. The van der Waals surface area contributed by atoms with Gasteiger partial charge in [-0.1, -0.05) is 13.3 Å². The van der Waals surface area contributed by atoms with Crippen LogP contribution in [0, 0.1) is 5.92 Å². The van der Waals surface area contributed by atoms with E-state index in [-0.39, 0.29) is 11.9 Å². The fourth-order valence-electron chi connectivity index (χ4n) is 3.92. The van der Waals surface area contributed by atoms with Crippen molar-refractivity contribution in [2.24, 2.45) is 5.92 Å². The Morgan fingerprint density at radius 1 is 1.24 bits per heavy atom. The Labute approximate surface area is 128 Å². The molecule has 0 amide bonds. The first-order valence-electron chi connectivity index (χ1n) is 8.71. The number of hydrogen-bond acceptors (Lipinski definition) is 4. The number of esters is 1. The van der Waals surface area contributed by atoms with Crippen LogP contribution in [0.15, 0.2) is 0 Å². The molecule has 1 aliphatic heterocycles. The van der Waals surface area contributed by atoms with Gasteiger partial charge in [0, 0.05) is 12.6 Å². The summed E-state index contributed by atoms with van der Waals surface area (Å²) in [6.45, 7) is 6.43. The van der Waals surface area contributed by atoms with E-state index in [1.807, 2.05) is 6.92 Å². The number of carbonyl (C=O) groups excluding carboxylic acids is 1. The van der Waals surface area contributed by atoms with Crippen LogP contribution in [-0.2, 0) is 9.53 Å². The molecule has 0 bridgehead atoms. The number of hydrogen-bond donors (Lipinski definition) is 1. The van der Waals surface area contributed by atoms with Crippen LogP contribution < -0.4 is 0 Å². The second-order valence-corrected chi connectivity index (χ2v) is 6.78. The third kappa shape index (κ3) is 4.43. The zero-order chi connectivity index (χ0) is 15.3. The van der Waals surface area contributed by atoms with Crippen LogP contribution in [0.5, 0.6) is 0 Å². The Kier molecular flexibility index (Phi) is 6.06. The number of carbonyl (C=O) groups is 1. The minimum Gasteiger partial charge on any atom is -0.466 e. The number of aliphatic hydroxyl groups is 1. The average Bonchev–Trinajstić information content (AvgIpc) is 2.48. The third-order valence-corrected chi connectivity index (χ3v) is 5.25. The Balaban J connectivity index is 1.85. The molecule has 0 radical (unpaired) electrons. The molecule has 2 rings (SSSR count). The average molecular weight is 297 g/mol. The van der Waals surface area contributed by atoms with Crippen molar-refractivity contribution in [3.05, 3.63) is 0 Å². The summed E-state index contributed by atoms with van der Waals surface area (Å²) < 4.78 is 5.10. The van der Waals surface area contributed by atoms with Gasteiger partial charge >= 0.3 is 5.97 Å². The second-order valence-electron chi connectivity index (χ2n) is 6.78. The topological polar surface area (TPSA) is 49.8 Å². The van der Waals surface area contributed by atoms with Crippen LogP contribution in [0.2, 0.25) is 0 Å². The van der Waals surface area contributed by atoms with Gasteiger partial charge < -0.3 is 9.84 Å². The minimum absolute atomic E-state index is 0.00597. The predicted molar refractivity (Wildman–Crippen MR) is 83.0 cm³/mol. The zero-order valence-electron chi connectivity index (χ0n) is 13.6. The number of likely N-dealkylation sites (tertiary alicyclic amines) is 1. The van der Waals surface area contributed by atoms with Crippen LogP contribution in [0.25, 0.3) is 0 Å². The van der Waals surface area contributed by atoms with Crippen molar-refractivity contribution in [2.75, 3.05) is 19.7 Å². The van der Waals surface area contributed by atoms with Crippen molar-refractivity contribution >= 4 is 5.97 Å². The number of ether oxygens (including phenoxy) is 1. The molecule has 1 saturated carbocycles. The number of nitrogens with zero attached hydrogens (tertiary/aromatic N) is 1. The molecule has 1 N–H and O–H groups in total. The lowest BCUT2D eigenvalue weighted by atomic mass is 9.78. The van der Waals surface area contributed by atoms with E-state index in [9.17, 15) is 9.90 Å². The van der Waals surface area contributed by atoms with Crippen LogP contribution in [0.1, 0.15) is 65.2 Å². The van der Waals surface area contributed by atoms with E-state index in [4.69, 9.17) is 4.74 Å². The minimum atomic E-state index is -0.603. The lowest BCUT2D eigenvalue weighted by Crippen LogP contribution is -2.51. The Morgan fingerprint density at radius 2 is 1.95 bits per heavy atom. The van der Waals surface area contributed by atoms with Crippen molar-refractivity contribution in [1.82, 2.24) is 4.90 Å². The van der Waals surface area contributed by atoms with Crippen molar-refractivity contribution in [3.63, 3.8) is 0 Å². The molecule has 1 aliphatic carbocycles. The molecule has 4 heteroatoms. The molecule has 21 heavy (non-hydrogen) atoms. The van der Waals surface area contributed by atoms with E-state index >= 15 is 0 Å². The molecule has 122 valence electrons. The number of β-amino-alcohol motifs (C(OH)–C–C–N with tert-alkyl or cyclic N) is 1. The lowest BCUT2D eigenvalue weighted by molar-refractivity contribution is -0.151. The SMILES string of the molecule is CCOC(=O)C1CCC(O)(CN2CCCCC2CC)CC1. The molecule has 4 nitrogen and oxygen atoms in total. The molecule has 0 aromatic carbocycles. The lowest BCUT2D eigenvalue weighted by Gasteiger charge is -2.43. The molecule has 1 atom stereocenters. The largest absolute Gasteiger partial charge is 0.466 e. The fourth-order valence-corrected chi connectivity index (χ4v) is 3.92. The van der Waals surface area contributed by atoms with Crippen LogP contribution in [0.4, 0.5) is 0 Å². The van der Waals surface area contributed by atoms with Gasteiger partial charge in [-0.25, -0.2) is 0 Å². The molecule has 1 heterocycles. The molecule has 0 spiro atoms. The first-order chi connectivity index (χ1) is 10.1. The van der Waals surface area contributed by atoms with Gasteiger partial charge in [-0.05, 0) is 58.4 Å². The second kappa shape index (κ2) is 7.59. The zero-order valence-corrected chi connectivity index (χ0v) is 13.6. The summed E-state index contributed by atoms with van der Waals surface area (Å²) in [6, 6.07) is 0.630. The first-order valence-corrected chi connectivity index (χ1v) is 8.71. The van der Waals surface area contributed by atoms with Crippen LogP contribution >= 0.6 is 0 Å².